The van der Waals surface area contributed by atoms with E-state index in [9.17, 15) is 14.4 Å². The van der Waals surface area contributed by atoms with Crippen molar-refractivity contribution in [2.45, 2.75) is 39.2 Å². The molecule has 0 spiro atoms. The molecule has 9 heteroatoms. The fourth-order valence-corrected chi connectivity index (χ4v) is 5.11. The lowest BCUT2D eigenvalue weighted by atomic mass is 9.95. The number of aryl methyl sites for hydroxylation is 1. The zero-order valence-electron chi connectivity index (χ0n) is 19.9. The predicted molar refractivity (Wildman–Crippen MR) is 138 cm³/mol. The Morgan fingerprint density at radius 3 is 2.50 bits per heavy atom. The van der Waals surface area contributed by atoms with Crippen LogP contribution in [0.5, 0.6) is 5.75 Å². The Kier molecular flexibility index (Phi) is 8.46. The van der Waals surface area contributed by atoms with Crippen molar-refractivity contribution in [3.63, 3.8) is 0 Å². The molecule has 36 heavy (non-hydrogen) atoms. The Morgan fingerprint density at radius 2 is 1.75 bits per heavy atom. The lowest BCUT2D eigenvalue weighted by Gasteiger charge is -2.12. The van der Waals surface area contributed by atoms with Gasteiger partial charge in [0.25, 0.3) is 0 Å². The number of nitrogens with one attached hydrogen (secondary N) is 2. The fraction of sp³-hybridized carbons (Fsp3) is 0.259. The van der Waals surface area contributed by atoms with Crippen molar-refractivity contribution in [1.82, 2.24) is 5.43 Å². The van der Waals surface area contributed by atoms with E-state index >= 15 is 0 Å². The molecule has 4 rings (SSSR count). The van der Waals surface area contributed by atoms with Crippen LogP contribution in [0.15, 0.2) is 59.7 Å². The van der Waals surface area contributed by atoms with Crippen LogP contribution in [0.4, 0.5) is 5.00 Å². The van der Waals surface area contributed by atoms with E-state index in [-0.39, 0.29) is 6.61 Å². The minimum Gasteiger partial charge on any atom is -0.489 e. The molecular formula is C27H27N3O5S. The summed E-state index contributed by atoms with van der Waals surface area (Å²) in [6.07, 6.45) is 5.02. The average molecular weight is 506 g/mol. The van der Waals surface area contributed by atoms with E-state index in [0.717, 1.165) is 47.3 Å². The van der Waals surface area contributed by atoms with Crippen LogP contribution in [0.3, 0.4) is 0 Å². The van der Waals surface area contributed by atoms with Gasteiger partial charge in [-0.15, -0.1) is 11.3 Å². The Morgan fingerprint density at radius 1 is 1.00 bits per heavy atom. The van der Waals surface area contributed by atoms with Crippen LogP contribution < -0.4 is 15.5 Å². The maximum absolute atomic E-state index is 12.5. The van der Waals surface area contributed by atoms with E-state index in [1.54, 1.807) is 31.2 Å². The average Bonchev–Trinajstić information content (AvgIpc) is 3.26. The number of carbonyl (C=O) groups is 3. The minimum absolute atomic E-state index is 0.228. The zero-order valence-corrected chi connectivity index (χ0v) is 20.7. The van der Waals surface area contributed by atoms with Gasteiger partial charge in [-0.05, 0) is 73.6 Å². The molecule has 2 aromatic carbocycles. The van der Waals surface area contributed by atoms with Gasteiger partial charge >= 0.3 is 17.8 Å². The van der Waals surface area contributed by atoms with E-state index in [1.807, 2.05) is 30.3 Å². The highest BCUT2D eigenvalue weighted by Crippen LogP contribution is 2.38. The molecular weight excluding hydrogens is 478 g/mol. The molecule has 1 aliphatic carbocycles. The fourth-order valence-electron chi connectivity index (χ4n) is 3.84. The summed E-state index contributed by atoms with van der Waals surface area (Å²) in [6, 6.07) is 17.0. The third-order valence-electron chi connectivity index (χ3n) is 5.59. The quantitative estimate of drug-likeness (QED) is 0.203. The number of hydrogen-bond donors (Lipinski definition) is 2. The topological polar surface area (TPSA) is 106 Å². The third kappa shape index (κ3) is 6.37. The number of nitrogens with zero attached hydrogens (tertiary/aromatic N) is 1. The molecule has 1 aliphatic rings. The van der Waals surface area contributed by atoms with Crippen LogP contribution in [-0.2, 0) is 33.8 Å². The van der Waals surface area contributed by atoms with Gasteiger partial charge in [-0.1, -0.05) is 30.3 Å². The number of benzene rings is 2. The number of amides is 2. The van der Waals surface area contributed by atoms with Gasteiger partial charge in [0.2, 0.25) is 0 Å². The molecule has 2 N–H and O–H groups in total. The smallest absolute Gasteiger partial charge is 0.341 e. The van der Waals surface area contributed by atoms with Gasteiger partial charge in [0.15, 0.2) is 0 Å². The minimum atomic E-state index is -0.935. The summed E-state index contributed by atoms with van der Waals surface area (Å²) in [7, 11) is 0. The van der Waals surface area contributed by atoms with Crippen LogP contribution in [0.2, 0.25) is 0 Å². The highest BCUT2D eigenvalue weighted by atomic mass is 32.1. The lowest BCUT2D eigenvalue weighted by Crippen LogP contribution is -2.32. The number of fused-ring (bicyclic) bond motifs is 1. The molecule has 186 valence electrons. The summed E-state index contributed by atoms with van der Waals surface area (Å²) in [6.45, 7) is 2.42. The lowest BCUT2D eigenvalue weighted by molar-refractivity contribution is -0.136. The van der Waals surface area contributed by atoms with Crippen molar-refractivity contribution < 1.29 is 23.9 Å². The number of carbonyl (C=O) groups excluding carboxylic acids is 3. The molecule has 1 heterocycles. The van der Waals surface area contributed by atoms with Crippen molar-refractivity contribution in [2.24, 2.45) is 5.10 Å². The van der Waals surface area contributed by atoms with E-state index in [1.165, 1.54) is 17.6 Å². The Bertz CT molecular complexity index is 1250. The number of hydrogen-bond acceptors (Lipinski definition) is 7. The maximum Gasteiger partial charge on any atom is 0.341 e. The Labute approximate surface area is 213 Å². The molecule has 0 saturated carbocycles. The molecule has 0 radical (unpaired) electrons. The molecule has 2 amide bonds. The first-order chi connectivity index (χ1) is 17.5. The Hall–Kier alpha value is -3.98. The molecule has 0 saturated heterocycles. The summed E-state index contributed by atoms with van der Waals surface area (Å²) >= 11 is 1.32. The van der Waals surface area contributed by atoms with Crippen molar-refractivity contribution >= 4 is 40.3 Å². The molecule has 0 aliphatic heterocycles. The summed E-state index contributed by atoms with van der Waals surface area (Å²) in [5, 5.41) is 6.78. The normalized spacial score (nSPS) is 12.6. The van der Waals surface area contributed by atoms with Gasteiger partial charge in [0.05, 0.1) is 18.4 Å². The van der Waals surface area contributed by atoms with Crippen LogP contribution in [0.1, 0.15) is 51.7 Å². The Balaban J connectivity index is 1.32. The number of thiophene rings is 1. The predicted octanol–water partition coefficient (Wildman–Crippen LogP) is 4.47. The molecule has 0 unspecified atom stereocenters. The first-order valence-corrected chi connectivity index (χ1v) is 12.6. The highest BCUT2D eigenvalue weighted by molar-refractivity contribution is 7.17. The largest absolute Gasteiger partial charge is 0.489 e. The van der Waals surface area contributed by atoms with Gasteiger partial charge < -0.3 is 14.8 Å². The number of hydrazone groups is 1. The van der Waals surface area contributed by atoms with Crippen molar-refractivity contribution in [1.29, 1.82) is 0 Å². The summed E-state index contributed by atoms with van der Waals surface area (Å²) in [5.74, 6) is -1.62. The number of esters is 1. The zero-order chi connectivity index (χ0) is 25.3. The van der Waals surface area contributed by atoms with E-state index in [0.29, 0.717) is 22.9 Å². The van der Waals surface area contributed by atoms with Gasteiger partial charge in [0, 0.05) is 4.88 Å². The van der Waals surface area contributed by atoms with Crippen molar-refractivity contribution in [3.8, 4) is 5.75 Å². The summed E-state index contributed by atoms with van der Waals surface area (Å²) < 4.78 is 10.9. The van der Waals surface area contributed by atoms with Gasteiger partial charge in [-0.3, -0.25) is 9.59 Å². The standard InChI is InChI=1S/C27H27N3O5S/c1-2-34-27(33)23-21-10-6-7-11-22(21)36-26(23)29-24(31)25(32)30-28-16-18-12-14-20(15-13-18)35-17-19-8-4-3-5-9-19/h3-5,8-9,12-16H,2,6-7,10-11,17H2,1H3,(H,29,31)(H,30,32)/b28-16+. The van der Waals surface area contributed by atoms with E-state index < -0.39 is 17.8 Å². The molecule has 0 bridgehead atoms. The van der Waals surface area contributed by atoms with E-state index in [2.05, 4.69) is 15.8 Å². The monoisotopic (exact) mass is 505 g/mol. The van der Waals surface area contributed by atoms with Crippen LogP contribution >= 0.6 is 11.3 Å². The molecule has 8 nitrogen and oxygen atoms in total. The van der Waals surface area contributed by atoms with Crippen molar-refractivity contribution in [3.05, 3.63) is 81.7 Å². The van der Waals surface area contributed by atoms with Gasteiger partial charge in [-0.25, -0.2) is 10.2 Å². The second-order valence-corrected chi connectivity index (χ2v) is 9.24. The first-order valence-electron chi connectivity index (χ1n) is 11.8. The van der Waals surface area contributed by atoms with Gasteiger partial charge in [-0.2, -0.15) is 5.10 Å². The SMILES string of the molecule is CCOC(=O)c1c(NC(=O)C(=O)N/N=C/c2ccc(OCc3ccccc3)cc2)sc2c1CCCC2. The van der Waals surface area contributed by atoms with Crippen LogP contribution in [0, 0.1) is 0 Å². The van der Waals surface area contributed by atoms with Crippen LogP contribution in [0.25, 0.3) is 0 Å². The molecule has 1 aromatic heterocycles. The van der Waals surface area contributed by atoms with E-state index in [4.69, 9.17) is 9.47 Å². The number of ether oxygens (including phenoxy) is 2. The third-order valence-corrected chi connectivity index (χ3v) is 6.80. The second kappa shape index (κ2) is 12.1. The highest BCUT2D eigenvalue weighted by Gasteiger charge is 2.28. The first kappa shape index (κ1) is 25.1. The molecule has 3 aromatic rings. The molecule has 0 fully saturated rings. The second-order valence-electron chi connectivity index (χ2n) is 8.13. The van der Waals surface area contributed by atoms with Crippen molar-refractivity contribution in [2.75, 3.05) is 11.9 Å². The number of anilines is 1. The summed E-state index contributed by atoms with van der Waals surface area (Å²) in [5.41, 5.74) is 5.28. The number of rotatable bonds is 8. The molecule has 0 atom stereocenters. The van der Waals surface area contributed by atoms with Crippen LogP contribution in [-0.4, -0.2) is 30.6 Å². The maximum atomic E-state index is 12.5. The summed E-state index contributed by atoms with van der Waals surface area (Å²) in [4.78, 5) is 38.3. The van der Waals surface area contributed by atoms with Gasteiger partial charge in [0.1, 0.15) is 17.4 Å².